The number of carbonyl (C=O) groups excluding carboxylic acids is 2. The third-order valence-electron chi connectivity index (χ3n) is 3.70. The number of carbonyl (C=O) groups is 2. The Bertz CT molecular complexity index is 673. The van der Waals surface area contributed by atoms with Gasteiger partial charge in [-0.15, -0.1) is 0 Å². The summed E-state index contributed by atoms with van der Waals surface area (Å²) in [6.07, 6.45) is 0.656. The standard InChI is InChI=1S/C14H18N2O6S/c1-21-11-3-5-12(6-4-11)23(19,20)16-8-10(15-9-17)7-13(16)14(18)22-2/h3-6,9-10,13H,7-8H2,1-2H3,(H,15,17)/t10-,13+/m0/s1. The van der Waals surface area contributed by atoms with E-state index in [9.17, 15) is 18.0 Å². The van der Waals surface area contributed by atoms with Gasteiger partial charge in [-0.3, -0.25) is 9.59 Å². The lowest BCUT2D eigenvalue weighted by atomic mass is 10.2. The van der Waals surface area contributed by atoms with Crippen LogP contribution < -0.4 is 10.1 Å². The predicted octanol–water partition coefficient (Wildman–Crippen LogP) is -0.254. The minimum Gasteiger partial charge on any atom is -0.497 e. The number of benzene rings is 1. The van der Waals surface area contributed by atoms with Gasteiger partial charge >= 0.3 is 5.97 Å². The molecule has 0 bridgehead atoms. The van der Waals surface area contributed by atoms with Crippen LogP contribution in [0, 0.1) is 0 Å². The van der Waals surface area contributed by atoms with Gasteiger partial charge in [-0.1, -0.05) is 0 Å². The van der Waals surface area contributed by atoms with Crippen LogP contribution in [-0.4, -0.2) is 58.0 Å². The monoisotopic (exact) mass is 342 g/mol. The van der Waals surface area contributed by atoms with Gasteiger partial charge in [0.2, 0.25) is 16.4 Å². The van der Waals surface area contributed by atoms with E-state index in [0.29, 0.717) is 12.2 Å². The van der Waals surface area contributed by atoms with Crippen molar-refractivity contribution in [3.8, 4) is 5.75 Å². The Morgan fingerprint density at radius 3 is 2.48 bits per heavy atom. The summed E-state index contributed by atoms with van der Waals surface area (Å²) in [5.74, 6) is -0.132. The van der Waals surface area contributed by atoms with Gasteiger partial charge in [0, 0.05) is 12.6 Å². The van der Waals surface area contributed by atoms with Crippen LogP contribution in [0.25, 0.3) is 0 Å². The molecule has 0 radical (unpaired) electrons. The zero-order valence-electron chi connectivity index (χ0n) is 12.8. The van der Waals surface area contributed by atoms with Crippen LogP contribution in [0.2, 0.25) is 0 Å². The number of amides is 1. The van der Waals surface area contributed by atoms with E-state index in [0.717, 1.165) is 4.31 Å². The van der Waals surface area contributed by atoms with Gasteiger partial charge in [0.1, 0.15) is 11.8 Å². The molecule has 1 aromatic rings. The van der Waals surface area contributed by atoms with E-state index in [1.807, 2.05) is 0 Å². The molecule has 1 amide bonds. The molecular formula is C14H18N2O6S. The SMILES string of the molecule is COC(=O)[C@H]1C[C@H](NC=O)CN1S(=O)(=O)c1ccc(OC)cc1. The molecule has 2 atom stereocenters. The minimum atomic E-state index is -3.90. The second kappa shape index (κ2) is 6.97. The van der Waals surface area contributed by atoms with Gasteiger partial charge in [0.25, 0.3) is 0 Å². The number of hydrogen-bond acceptors (Lipinski definition) is 6. The molecule has 0 unspecified atom stereocenters. The number of nitrogens with one attached hydrogen (secondary N) is 1. The molecule has 8 nitrogen and oxygen atoms in total. The summed E-state index contributed by atoms with van der Waals surface area (Å²) >= 11 is 0. The zero-order chi connectivity index (χ0) is 17.0. The average Bonchev–Trinajstić information content (AvgIpc) is 2.99. The fourth-order valence-corrected chi connectivity index (χ4v) is 4.16. The van der Waals surface area contributed by atoms with Crippen LogP contribution in [0.3, 0.4) is 0 Å². The van der Waals surface area contributed by atoms with Crippen LogP contribution in [0.5, 0.6) is 5.75 Å². The minimum absolute atomic E-state index is 0.00681. The number of esters is 1. The maximum Gasteiger partial charge on any atom is 0.324 e. The number of sulfonamides is 1. The number of ether oxygens (including phenoxy) is 2. The lowest BCUT2D eigenvalue weighted by molar-refractivity contribution is -0.144. The van der Waals surface area contributed by atoms with Crippen molar-refractivity contribution in [2.45, 2.75) is 23.4 Å². The molecule has 1 aromatic carbocycles. The molecule has 0 aliphatic carbocycles. The molecule has 1 N–H and O–H groups in total. The lowest BCUT2D eigenvalue weighted by Crippen LogP contribution is -2.41. The Labute approximate surface area is 134 Å². The van der Waals surface area contributed by atoms with Crippen LogP contribution in [0.15, 0.2) is 29.2 Å². The van der Waals surface area contributed by atoms with Gasteiger partial charge in [0.15, 0.2) is 0 Å². The molecule has 1 heterocycles. The summed E-state index contributed by atoms with van der Waals surface area (Å²) in [4.78, 5) is 22.5. The molecular weight excluding hydrogens is 324 g/mol. The van der Waals surface area contributed by atoms with E-state index >= 15 is 0 Å². The first kappa shape index (κ1) is 17.2. The number of hydrogen-bond donors (Lipinski definition) is 1. The predicted molar refractivity (Wildman–Crippen MR) is 80.3 cm³/mol. The first-order valence-electron chi connectivity index (χ1n) is 6.87. The fourth-order valence-electron chi connectivity index (χ4n) is 2.52. The van der Waals surface area contributed by atoms with Crippen molar-refractivity contribution >= 4 is 22.4 Å². The van der Waals surface area contributed by atoms with Crippen molar-refractivity contribution in [3.63, 3.8) is 0 Å². The smallest absolute Gasteiger partial charge is 0.324 e. The first-order valence-corrected chi connectivity index (χ1v) is 8.31. The van der Waals surface area contributed by atoms with E-state index < -0.39 is 28.1 Å². The van der Waals surface area contributed by atoms with Gasteiger partial charge in [-0.2, -0.15) is 4.31 Å². The van der Waals surface area contributed by atoms with Crippen LogP contribution >= 0.6 is 0 Å². The highest BCUT2D eigenvalue weighted by molar-refractivity contribution is 7.89. The van der Waals surface area contributed by atoms with Crippen LogP contribution in [-0.2, 0) is 24.3 Å². The number of rotatable bonds is 6. The topological polar surface area (TPSA) is 102 Å². The summed E-state index contributed by atoms with van der Waals surface area (Å²) in [6, 6.07) is 4.45. The Kier molecular flexibility index (Phi) is 5.22. The van der Waals surface area contributed by atoms with Crippen molar-refractivity contribution in [1.82, 2.24) is 9.62 Å². The Morgan fingerprint density at radius 1 is 1.30 bits per heavy atom. The Hall–Kier alpha value is -2.13. The summed E-state index contributed by atoms with van der Waals surface area (Å²) in [6.45, 7) is 0.00681. The maximum atomic E-state index is 12.8. The van der Waals surface area contributed by atoms with Gasteiger partial charge in [-0.05, 0) is 30.7 Å². The van der Waals surface area contributed by atoms with Crippen molar-refractivity contribution in [2.24, 2.45) is 0 Å². The molecule has 1 aliphatic heterocycles. The highest BCUT2D eigenvalue weighted by Gasteiger charge is 2.44. The second-order valence-electron chi connectivity index (χ2n) is 5.01. The van der Waals surface area contributed by atoms with Crippen LogP contribution in [0.1, 0.15) is 6.42 Å². The highest BCUT2D eigenvalue weighted by atomic mass is 32.2. The highest BCUT2D eigenvalue weighted by Crippen LogP contribution is 2.28. The zero-order valence-corrected chi connectivity index (χ0v) is 13.6. The van der Waals surface area contributed by atoms with Crippen LogP contribution in [0.4, 0.5) is 0 Å². The summed E-state index contributed by atoms with van der Waals surface area (Å²) in [5, 5.41) is 2.51. The molecule has 0 saturated carbocycles. The van der Waals surface area contributed by atoms with Crippen molar-refractivity contribution in [3.05, 3.63) is 24.3 Å². The molecule has 1 aliphatic rings. The van der Waals surface area contributed by atoms with Gasteiger partial charge < -0.3 is 14.8 Å². The number of nitrogens with zero attached hydrogens (tertiary/aromatic N) is 1. The average molecular weight is 342 g/mol. The molecule has 1 saturated heterocycles. The van der Waals surface area contributed by atoms with Crippen molar-refractivity contribution in [1.29, 1.82) is 0 Å². The normalized spacial score (nSPS) is 21.7. The molecule has 2 rings (SSSR count). The van der Waals surface area contributed by atoms with E-state index in [4.69, 9.17) is 4.74 Å². The second-order valence-corrected chi connectivity index (χ2v) is 6.90. The molecule has 9 heteroatoms. The molecule has 126 valence electrons. The Balaban J connectivity index is 2.33. The number of methoxy groups -OCH3 is 2. The van der Waals surface area contributed by atoms with Crippen molar-refractivity contribution in [2.75, 3.05) is 20.8 Å². The van der Waals surface area contributed by atoms with E-state index in [2.05, 4.69) is 10.1 Å². The maximum absolute atomic E-state index is 12.8. The summed E-state index contributed by atoms with van der Waals surface area (Å²) < 4.78 is 36.3. The molecule has 23 heavy (non-hydrogen) atoms. The third kappa shape index (κ3) is 3.45. The van der Waals surface area contributed by atoms with Crippen molar-refractivity contribution < 1.29 is 27.5 Å². The van der Waals surface area contributed by atoms with E-state index in [1.54, 1.807) is 0 Å². The summed E-state index contributed by atoms with van der Waals surface area (Å²) in [5.41, 5.74) is 0. The first-order chi connectivity index (χ1) is 10.9. The quantitative estimate of drug-likeness (QED) is 0.565. The molecule has 0 spiro atoms. The lowest BCUT2D eigenvalue weighted by Gasteiger charge is -2.22. The summed E-state index contributed by atoms with van der Waals surface area (Å²) in [7, 11) is -1.22. The fraction of sp³-hybridized carbons (Fsp3) is 0.429. The van der Waals surface area contributed by atoms with E-state index in [-0.39, 0.29) is 17.9 Å². The van der Waals surface area contributed by atoms with E-state index in [1.165, 1.54) is 38.5 Å². The third-order valence-corrected chi connectivity index (χ3v) is 5.59. The largest absolute Gasteiger partial charge is 0.497 e. The molecule has 1 fully saturated rings. The Morgan fingerprint density at radius 2 is 1.96 bits per heavy atom. The molecule has 0 aromatic heterocycles. The van der Waals surface area contributed by atoms with Gasteiger partial charge in [0.05, 0.1) is 19.1 Å². The van der Waals surface area contributed by atoms with Gasteiger partial charge in [-0.25, -0.2) is 8.42 Å².